The van der Waals surface area contributed by atoms with Gasteiger partial charge in [0.2, 0.25) is 5.91 Å². The second-order valence-electron chi connectivity index (χ2n) is 6.74. The van der Waals surface area contributed by atoms with Gasteiger partial charge in [0.25, 0.3) is 0 Å². The van der Waals surface area contributed by atoms with Crippen LogP contribution in [0.15, 0.2) is 28.7 Å². The number of nitrogens with zero attached hydrogens (tertiary/aromatic N) is 4. The highest BCUT2D eigenvalue weighted by atomic mass is 32.2. The normalized spacial score (nSPS) is 12.0. The second-order valence-corrected chi connectivity index (χ2v) is 8.91. The Morgan fingerprint density at radius 3 is 2.79 bits per heavy atom. The van der Waals surface area contributed by atoms with Crippen LogP contribution in [0.25, 0.3) is 0 Å². The maximum Gasteiger partial charge on any atom is 0.239 e. The maximum atomic E-state index is 12.5. The van der Waals surface area contributed by atoms with Gasteiger partial charge in [0.15, 0.2) is 16.1 Å². The monoisotopic (exact) mass is 431 g/mol. The van der Waals surface area contributed by atoms with Crippen LogP contribution in [-0.2, 0) is 17.9 Å². The number of carbonyl (C=O) groups excluding carboxylic acids is 1. The molecule has 1 amide bonds. The van der Waals surface area contributed by atoms with Crippen molar-refractivity contribution in [1.82, 2.24) is 19.7 Å². The zero-order chi connectivity index (χ0) is 21.0. The van der Waals surface area contributed by atoms with Crippen LogP contribution in [0, 0.1) is 20.8 Å². The number of ether oxygens (including phenoxy) is 1. The molecule has 7 nitrogen and oxygen atoms in total. The standard InChI is InChI=1S/C20H25N5O2S2/c1-6-25-17(10-27-16-9-12(2)7-8-13(16)3)23-24-20(25)29-15(5)18(26)22-19-21-14(4)11-28-19/h7-9,11,15H,6,10H2,1-5H3,(H,21,22,26)/t15-/m0/s1. The van der Waals surface area contributed by atoms with Gasteiger partial charge >= 0.3 is 0 Å². The number of rotatable bonds is 8. The number of nitrogens with one attached hydrogen (secondary N) is 1. The Balaban J connectivity index is 1.65. The van der Waals surface area contributed by atoms with Crippen molar-refractivity contribution < 1.29 is 9.53 Å². The van der Waals surface area contributed by atoms with Crippen LogP contribution < -0.4 is 10.1 Å². The molecule has 9 heteroatoms. The molecule has 1 N–H and O–H groups in total. The lowest BCUT2D eigenvalue weighted by atomic mass is 10.1. The maximum absolute atomic E-state index is 12.5. The number of aryl methyl sites for hydroxylation is 3. The molecule has 3 aromatic rings. The third-order valence-corrected chi connectivity index (χ3v) is 6.27. The molecule has 0 bridgehead atoms. The summed E-state index contributed by atoms with van der Waals surface area (Å²) in [4.78, 5) is 16.7. The summed E-state index contributed by atoms with van der Waals surface area (Å²) in [6, 6.07) is 6.12. The lowest BCUT2D eigenvalue weighted by Gasteiger charge is -2.13. The van der Waals surface area contributed by atoms with Crippen LogP contribution in [0.4, 0.5) is 5.13 Å². The first-order valence-corrected chi connectivity index (χ1v) is 11.1. The summed E-state index contributed by atoms with van der Waals surface area (Å²) in [7, 11) is 0. The molecule has 0 aliphatic rings. The average Bonchev–Trinajstić information content (AvgIpc) is 3.27. The zero-order valence-corrected chi connectivity index (χ0v) is 18.9. The minimum atomic E-state index is -0.332. The summed E-state index contributed by atoms with van der Waals surface area (Å²) in [5, 5.41) is 14.3. The predicted molar refractivity (Wildman–Crippen MR) is 117 cm³/mol. The molecule has 0 saturated heterocycles. The highest BCUT2D eigenvalue weighted by molar-refractivity contribution is 8.00. The van der Waals surface area contributed by atoms with E-state index in [9.17, 15) is 4.79 Å². The predicted octanol–water partition coefficient (Wildman–Crippen LogP) is 4.38. The summed E-state index contributed by atoms with van der Waals surface area (Å²) in [5.41, 5.74) is 3.12. The number of benzene rings is 1. The Morgan fingerprint density at radius 2 is 2.10 bits per heavy atom. The van der Waals surface area contributed by atoms with Crippen LogP contribution in [-0.4, -0.2) is 30.9 Å². The van der Waals surface area contributed by atoms with Crippen LogP contribution in [0.2, 0.25) is 0 Å². The van der Waals surface area contributed by atoms with E-state index in [-0.39, 0.29) is 11.2 Å². The van der Waals surface area contributed by atoms with Gasteiger partial charge in [-0.15, -0.1) is 21.5 Å². The van der Waals surface area contributed by atoms with Crippen molar-refractivity contribution in [1.29, 1.82) is 0 Å². The lowest BCUT2D eigenvalue weighted by Crippen LogP contribution is -2.23. The van der Waals surface area contributed by atoms with E-state index in [1.165, 1.54) is 23.1 Å². The van der Waals surface area contributed by atoms with E-state index in [4.69, 9.17) is 4.74 Å². The minimum absolute atomic E-state index is 0.108. The van der Waals surface area contributed by atoms with E-state index < -0.39 is 0 Å². The van der Waals surface area contributed by atoms with Crippen molar-refractivity contribution >= 4 is 34.1 Å². The molecule has 0 aliphatic carbocycles. The van der Waals surface area contributed by atoms with Crippen LogP contribution in [0.3, 0.4) is 0 Å². The molecule has 154 valence electrons. The van der Waals surface area contributed by atoms with Gasteiger partial charge in [0.1, 0.15) is 12.4 Å². The topological polar surface area (TPSA) is 81.9 Å². The fourth-order valence-electron chi connectivity index (χ4n) is 2.67. The van der Waals surface area contributed by atoms with Gasteiger partial charge in [-0.25, -0.2) is 4.98 Å². The molecule has 0 fully saturated rings. The number of hydrogen-bond acceptors (Lipinski definition) is 7. The average molecular weight is 432 g/mol. The molecule has 1 atom stereocenters. The first-order valence-electron chi connectivity index (χ1n) is 9.39. The first kappa shape index (κ1) is 21.3. The van der Waals surface area contributed by atoms with E-state index in [2.05, 4.69) is 26.6 Å². The minimum Gasteiger partial charge on any atom is -0.485 e. The lowest BCUT2D eigenvalue weighted by molar-refractivity contribution is -0.115. The highest BCUT2D eigenvalue weighted by Crippen LogP contribution is 2.25. The van der Waals surface area contributed by atoms with Crippen molar-refractivity contribution in [3.05, 3.63) is 46.2 Å². The molecule has 1 aromatic carbocycles. The van der Waals surface area contributed by atoms with Gasteiger partial charge in [-0.2, -0.15) is 0 Å². The Bertz CT molecular complexity index is 999. The molecular formula is C20H25N5O2S2. The summed E-state index contributed by atoms with van der Waals surface area (Å²) in [6.07, 6.45) is 0. The number of anilines is 1. The third kappa shape index (κ3) is 5.36. The molecular weight excluding hydrogens is 406 g/mol. The molecule has 0 saturated carbocycles. The third-order valence-electron chi connectivity index (χ3n) is 4.31. The first-order chi connectivity index (χ1) is 13.9. The number of amides is 1. The van der Waals surface area contributed by atoms with Gasteiger partial charge in [-0.05, 0) is 51.8 Å². The Labute approximate surface area is 178 Å². The summed E-state index contributed by atoms with van der Waals surface area (Å²) >= 11 is 2.79. The summed E-state index contributed by atoms with van der Waals surface area (Å²) in [6.45, 7) is 10.8. The van der Waals surface area contributed by atoms with Crippen molar-refractivity contribution in [3.8, 4) is 5.75 Å². The van der Waals surface area contributed by atoms with Crippen LogP contribution in [0.1, 0.15) is 36.5 Å². The van der Waals surface area contributed by atoms with Crippen LogP contribution in [0.5, 0.6) is 5.75 Å². The summed E-state index contributed by atoms with van der Waals surface area (Å²) in [5.74, 6) is 1.47. The number of carbonyl (C=O) groups is 1. The molecule has 2 aromatic heterocycles. The van der Waals surface area contributed by atoms with E-state index in [0.29, 0.717) is 23.4 Å². The van der Waals surface area contributed by atoms with E-state index in [0.717, 1.165) is 28.4 Å². The fourth-order valence-corrected chi connectivity index (χ4v) is 4.29. The number of thioether (sulfide) groups is 1. The number of hydrogen-bond donors (Lipinski definition) is 1. The van der Waals surface area contributed by atoms with Gasteiger partial charge in [0.05, 0.1) is 10.9 Å². The quantitative estimate of drug-likeness (QED) is 0.533. The Kier molecular flexibility index (Phi) is 6.92. The molecule has 0 radical (unpaired) electrons. The molecule has 0 spiro atoms. The molecule has 29 heavy (non-hydrogen) atoms. The van der Waals surface area contributed by atoms with E-state index in [1.807, 2.05) is 56.7 Å². The van der Waals surface area contributed by atoms with E-state index >= 15 is 0 Å². The smallest absolute Gasteiger partial charge is 0.239 e. The number of aromatic nitrogens is 4. The SMILES string of the molecule is CCn1c(COc2cc(C)ccc2C)nnc1S[C@@H](C)C(=O)Nc1nc(C)cs1. The highest BCUT2D eigenvalue weighted by Gasteiger charge is 2.21. The van der Waals surface area contributed by atoms with Crippen molar-refractivity contribution in [3.63, 3.8) is 0 Å². The van der Waals surface area contributed by atoms with Crippen molar-refractivity contribution in [2.24, 2.45) is 0 Å². The van der Waals surface area contributed by atoms with Crippen molar-refractivity contribution in [2.45, 2.75) is 58.2 Å². The fraction of sp³-hybridized carbons (Fsp3) is 0.400. The zero-order valence-electron chi connectivity index (χ0n) is 17.2. The van der Waals surface area contributed by atoms with E-state index in [1.54, 1.807) is 0 Å². The second kappa shape index (κ2) is 9.41. The molecule has 0 aliphatic heterocycles. The number of thiazole rings is 1. The van der Waals surface area contributed by atoms with Gasteiger partial charge < -0.3 is 14.6 Å². The molecule has 3 rings (SSSR count). The largest absolute Gasteiger partial charge is 0.485 e. The van der Waals surface area contributed by atoms with Gasteiger partial charge in [-0.3, -0.25) is 4.79 Å². The van der Waals surface area contributed by atoms with Gasteiger partial charge in [0, 0.05) is 11.9 Å². The van der Waals surface area contributed by atoms with Crippen molar-refractivity contribution in [2.75, 3.05) is 5.32 Å². The molecule has 2 heterocycles. The molecule has 0 unspecified atom stereocenters. The Morgan fingerprint density at radius 1 is 1.31 bits per heavy atom. The van der Waals surface area contributed by atoms with Crippen LogP contribution >= 0.6 is 23.1 Å². The summed E-state index contributed by atoms with van der Waals surface area (Å²) < 4.78 is 7.95. The van der Waals surface area contributed by atoms with Gasteiger partial charge in [-0.1, -0.05) is 23.9 Å². The Hall–Kier alpha value is -2.39.